The van der Waals surface area contributed by atoms with Crippen LogP contribution in [0.5, 0.6) is 11.5 Å². The first-order valence-electron chi connectivity index (χ1n) is 6.69. The Hall–Kier alpha value is -0.780. The van der Waals surface area contributed by atoms with Gasteiger partial charge in [0, 0.05) is 13.1 Å². The molecule has 19 heavy (non-hydrogen) atoms. The van der Waals surface area contributed by atoms with Gasteiger partial charge < -0.3 is 19.7 Å². The van der Waals surface area contributed by atoms with Gasteiger partial charge in [-0.15, -0.1) is 0 Å². The zero-order valence-electron chi connectivity index (χ0n) is 11.1. The summed E-state index contributed by atoms with van der Waals surface area (Å²) in [5.74, 6) is 2.44. The van der Waals surface area contributed by atoms with Crippen molar-refractivity contribution in [2.24, 2.45) is 5.92 Å². The average molecular weight is 327 g/mol. The molecule has 104 valence electrons. The Morgan fingerprint density at radius 1 is 1.42 bits per heavy atom. The molecule has 2 aliphatic rings. The summed E-state index contributed by atoms with van der Waals surface area (Å²) in [6.07, 6.45) is 1.30. The van der Waals surface area contributed by atoms with E-state index in [1.165, 1.54) is 25.1 Å². The highest BCUT2D eigenvalue weighted by molar-refractivity contribution is 9.10. The molecule has 1 aromatic rings. The summed E-state index contributed by atoms with van der Waals surface area (Å²) in [5.41, 5.74) is 1.22. The molecule has 0 bridgehead atoms. The monoisotopic (exact) mass is 326 g/mol. The quantitative estimate of drug-likeness (QED) is 0.919. The Kier molecular flexibility index (Phi) is 3.96. The number of benzene rings is 1. The smallest absolute Gasteiger partial charge is 0.231 e. The highest BCUT2D eigenvalue weighted by Gasteiger charge is 2.20. The summed E-state index contributed by atoms with van der Waals surface area (Å²) >= 11 is 3.52. The van der Waals surface area contributed by atoms with Gasteiger partial charge in [-0.25, -0.2) is 0 Å². The second kappa shape index (κ2) is 5.69. The molecule has 2 heterocycles. The van der Waals surface area contributed by atoms with Gasteiger partial charge in [-0.05, 0) is 66.1 Å². The lowest BCUT2D eigenvalue weighted by molar-refractivity contribution is 0.173. The highest BCUT2D eigenvalue weighted by atomic mass is 79.9. The van der Waals surface area contributed by atoms with Crippen LogP contribution in [0.25, 0.3) is 0 Å². The molecule has 0 saturated carbocycles. The third-order valence-corrected chi connectivity index (χ3v) is 4.33. The van der Waals surface area contributed by atoms with E-state index in [9.17, 15) is 0 Å². The van der Waals surface area contributed by atoms with Crippen LogP contribution in [0.2, 0.25) is 0 Å². The molecule has 1 N–H and O–H groups in total. The SMILES string of the molecule is CN1CCC(CNCc2cc(Br)c3c(c2)OCO3)C1. The van der Waals surface area contributed by atoms with Gasteiger partial charge in [-0.1, -0.05) is 0 Å². The van der Waals surface area contributed by atoms with Crippen molar-refractivity contribution in [2.75, 3.05) is 33.5 Å². The van der Waals surface area contributed by atoms with Crippen LogP contribution in [0.4, 0.5) is 0 Å². The van der Waals surface area contributed by atoms with Gasteiger partial charge >= 0.3 is 0 Å². The van der Waals surface area contributed by atoms with E-state index in [1.54, 1.807) is 0 Å². The minimum absolute atomic E-state index is 0.319. The maximum atomic E-state index is 5.43. The number of ether oxygens (including phenoxy) is 2. The largest absolute Gasteiger partial charge is 0.454 e. The van der Waals surface area contributed by atoms with Gasteiger partial charge in [0.1, 0.15) is 0 Å². The summed E-state index contributed by atoms with van der Waals surface area (Å²) < 4.78 is 11.8. The van der Waals surface area contributed by atoms with Crippen molar-refractivity contribution in [3.05, 3.63) is 22.2 Å². The second-order valence-electron chi connectivity index (χ2n) is 5.36. The van der Waals surface area contributed by atoms with E-state index in [2.05, 4.69) is 45.3 Å². The minimum Gasteiger partial charge on any atom is -0.454 e. The Morgan fingerprint density at radius 2 is 2.32 bits per heavy atom. The normalized spacial score (nSPS) is 22.1. The molecule has 3 rings (SSSR count). The first-order valence-corrected chi connectivity index (χ1v) is 7.49. The fourth-order valence-electron chi connectivity index (χ4n) is 2.74. The van der Waals surface area contributed by atoms with Crippen LogP contribution in [-0.4, -0.2) is 38.4 Å². The molecule has 1 aromatic carbocycles. The van der Waals surface area contributed by atoms with Crippen LogP contribution in [0.3, 0.4) is 0 Å². The molecule has 0 amide bonds. The average Bonchev–Trinajstić information content (AvgIpc) is 2.98. The molecule has 1 atom stereocenters. The standard InChI is InChI=1S/C14H19BrN2O2/c1-17-3-2-10(8-17)6-16-7-11-4-12(15)14-13(5-11)18-9-19-14/h4-5,10,16H,2-3,6-9H2,1H3. The molecule has 5 heteroatoms. The Balaban J connectivity index is 1.54. The Labute approximate surface area is 122 Å². The van der Waals surface area contributed by atoms with Gasteiger partial charge in [-0.2, -0.15) is 0 Å². The van der Waals surface area contributed by atoms with Crippen LogP contribution in [0.1, 0.15) is 12.0 Å². The van der Waals surface area contributed by atoms with Gasteiger partial charge in [-0.3, -0.25) is 0 Å². The van der Waals surface area contributed by atoms with Crippen LogP contribution in [-0.2, 0) is 6.54 Å². The van der Waals surface area contributed by atoms with Crippen LogP contribution < -0.4 is 14.8 Å². The Bertz CT molecular complexity index is 467. The molecule has 1 saturated heterocycles. The fraction of sp³-hybridized carbons (Fsp3) is 0.571. The first kappa shape index (κ1) is 13.2. The van der Waals surface area contributed by atoms with Crippen molar-refractivity contribution in [3.63, 3.8) is 0 Å². The van der Waals surface area contributed by atoms with E-state index < -0.39 is 0 Å². The topological polar surface area (TPSA) is 33.7 Å². The summed E-state index contributed by atoms with van der Waals surface area (Å²) in [7, 11) is 2.19. The highest BCUT2D eigenvalue weighted by Crippen LogP contribution is 2.39. The van der Waals surface area contributed by atoms with Crippen molar-refractivity contribution >= 4 is 15.9 Å². The zero-order chi connectivity index (χ0) is 13.2. The zero-order valence-corrected chi connectivity index (χ0v) is 12.7. The number of halogens is 1. The Morgan fingerprint density at radius 3 is 3.11 bits per heavy atom. The maximum absolute atomic E-state index is 5.43. The third kappa shape index (κ3) is 3.04. The van der Waals surface area contributed by atoms with E-state index in [4.69, 9.17) is 9.47 Å². The molecule has 0 radical (unpaired) electrons. The lowest BCUT2D eigenvalue weighted by atomic mass is 10.1. The van der Waals surface area contributed by atoms with Crippen LogP contribution in [0, 0.1) is 5.92 Å². The minimum atomic E-state index is 0.319. The molecule has 2 aliphatic heterocycles. The van der Waals surface area contributed by atoms with Crippen LogP contribution in [0.15, 0.2) is 16.6 Å². The molecule has 0 aliphatic carbocycles. The number of fused-ring (bicyclic) bond motifs is 1. The summed E-state index contributed by atoms with van der Waals surface area (Å²) in [4.78, 5) is 2.39. The summed E-state index contributed by atoms with van der Waals surface area (Å²) in [6.45, 7) is 4.70. The van der Waals surface area contributed by atoms with E-state index in [-0.39, 0.29) is 0 Å². The lowest BCUT2D eigenvalue weighted by Gasteiger charge is -2.12. The predicted molar refractivity (Wildman–Crippen MR) is 77.6 cm³/mol. The van der Waals surface area contributed by atoms with E-state index in [1.807, 2.05) is 0 Å². The van der Waals surface area contributed by atoms with Crippen molar-refractivity contribution in [1.29, 1.82) is 0 Å². The van der Waals surface area contributed by atoms with E-state index in [0.717, 1.165) is 35.0 Å². The maximum Gasteiger partial charge on any atom is 0.231 e. The summed E-state index contributed by atoms with van der Waals surface area (Å²) in [6, 6.07) is 4.15. The van der Waals surface area contributed by atoms with Gasteiger partial charge in [0.05, 0.1) is 4.47 Å². The molecular weight excluding hydrogens is 308 g/mol. The van der Waals surface area contributed by atoms with Gasteiger partial charge in [0.25, 0.3) is 0 Å². The molecule has 0 aromatic heterocycles. The van der Waals surface area contributed by atoms with Crippen molar-refractivity contribution in [3.8, 4) is 11.5 Å². The fourth-order valence-corrected chi connectivity index (χ4v) is 3.34. The first-order chi connectivity index (χ1) is 9.22. The number of rotatable bonds is 4. The number of likely N-dealkylation sites (tertiary alicyclic amines) is 1. The van der Waals surface area contributed by atoms with Crippen molar-refractivity contribution in [2.45, 2.75) is 13.0 Å². The molecule has 4 nitrogen and oxygen atoms in total. The molecule has 0 spiro atoms. The third-order valence-electron chi connectivity index (χ3n) is 3.74. The van der Waals surface area contributed by atoms with Crippen molar-refractivity contribution in [1.82, 2.24) is 10.2 Å². The number of nitrogens with one attached hydrogen (secondary N) is 1. The summed E-state index contributed by atoms with van der Waals surface area (Å²) in [5, 5.41) is 3.54. The number of hydrogen-bond acceptors (Lipinski definition) is 4. The molecule has 1 unspecified atom stereocenters. The lowest BCUT2D eigenvalue weighted by Crippen LogP contribution is -2.24. The molecule has 1 fully saturated rings. The number of nitrogens with zero attached hydrogens (tertiary/aromatic N) is 1. The van der Waals surface area contributed by atoms with Crippen LogP contribution >= 0.6 is 15.9 Å². The van der Waals surface area contributed by atoms with Gasteiger partial charge in [0.2, 0.25) is 6.79 Å². The second-order valence-corrected chi connectivity index (χ2v) is 6.21. The molecular formula is C14H19BrN2O2. The predicted octanol–water partition coefficient (Wildman–Crippen LogP) is 2.22. The van der Waals surface area contributed by atoms with E-state index >= 15 is 0 Å². The van der Waals surface area contributed by atoms with E-state index in [0.29, 0.717) is 6.79 Å². The van der Waals surface area contributed by atoms with Gasteiger partial charge in [0.15, 0.2) is 11.5 Å². The number of hydrogen-bond donors (Lipinski definition) is 1. The van der Waals surface area contributed by atoms with Crippen molar-refractivity contribution < 1.29 is 9.47 Å².